The molecule has 7 nitrogen and oxygen atoms in total. The van der Waals surface area contributed by atoms with E-state index in [1.807, 2.05) is 4.90 Å². The molecule has 0 N–H and O–H groups in total. The summed E-state index contributed by atoms with van der Waals surface area (Å²) in [6.45, 7) is 3.65. The fourth-order valence-electron chi connectivity index (χ4n) is 3.23. The van der Waals surface area contributed by atoms with Gasteiger partial charge in [0.1, 0.15) is 0 Å². The first-order valence-corrected chi connectivity index (χ1v) is 8.40. The number of imide groups is 1. The molecule has 1 aromatic carbocycles. The van der Waals surface area contributed by atoms with E-state index in [0.29, 0.717) is 26.2 Å². The first-order chi connectivity index (χ1) is 12.4. The average Bonchev–Trinajstić information content (AvgIpc) is 2.92. The summed E-state index contributed by atoms with van der Waals surface area (Å²) < 4.78 is 31.5. The third kappa shape index (κ3) is 3.39. The highest BCUT2D eigenvalue weighted by Crippen LogP contribution is 2.27. The SMILES string of the molecule is CCOC(=O)N1CCN([C@@H]2CC(=O)N(c3ccc(F)c(F)c3)C2=O)CC1. The van der Waals surface area contributed by atoms with Gasteiger partial charge in [-0.1, -0.05) is 0 Å². The number of benzene rings is 1. The number of ether oxygens (including phenoxy) is 1. The lowest BCUT2D eigenvalue weighted by atomic mass is 10.2. The molecular formula is C17H19F2N3O4. The normalized spacial score (nSPS) is 21.4. The number of piperazine rings is 1. The monoisotopic (exact) mass is 367 g/mol. The lowest BCUT2D eigenvalue weighted by Crippen LogP contribution is -2.54. The van der Waals surface area contributed by atoms with Gasteiger partial charge in [-0.15, -0.1) is 0 Å². The summed E-state index contributed by atoms with van der Waals surface area (Å²) in [7, 11) is 0. The molecule has 140 valence electrons. The minimum absolute atomic E-state index is 0.0200. The smallest absolute Gasteiger partial charge is 0.409 e. The zero-order chi connectivity index (χ0) is 18.8. The second-order valence-electron chi connectivity index (χ2n) is 6.11. The number of nitrogens with zero attached hydrogens (tertiary/aromatic N) is 3. The number of hydrogen-bond acceptors (Lipinski definition) is 5. The number of anilines is 1. The molecule has 26 heavy (non-hydrogen) atoms. The first-order valence-electron chi connectivity index (χ1n) is 8.40. The van der Waals surface area contributed by atoms with Gasteiger partial charge in [0, 0.05) is 32.2 Å². The molecule has 2 aliphatic rings. The minimum Gasteiger partial charge on any atom is -0.450 e. The predicted molar refractivity (Wildman–Crippen MR) is 87.4 cm³/mol. The summed E-state index contributed by atoms with van der Waals surface area (Å²) in [5, 5.41) is 0. The maximum absolute atomic E-state index is 13.4. The van der Waals surface area contributed by atoms with E-state index in [-0.39, 0.29) is 18.7 Å². The van der Waals surface area contributed by atoms with Gasteiger partial charge in [-0.25, -0.2) is 18.5 Å². The Morgan fingerprint density at radius 3 is 2.46 bits per heavy atom. The number of amides is 3. The van der Waals surface area contributed by atoms with Crippen molar-refractivity contribution in [2.45, 2.75) is 19.4 Å². The van der Waals surface area contributed by atoms with E-state index in [4.69, 9.17) is 4.74 Å². The third-order valence-corrected chi connectivity index (χ3v) is 4.57. The molecule has 3 amide bonds. The molecule has 0 unspecified atom stereocenters. The van der Waals surface area contributed by atoms with Crippen LogP contribution in [0.2, 0.25) is 0 Å². The van der Waals surface area contributed by atoms with Crippen LogP contribution in [0.1, 0.15) is 13.3 Å². The van der Waals surface area contributed by atoms with Gasteiger partial charge in [0.2, 0.25) is 5.91 Å². The molecule has 1 atom stereocenters. The van der Waals surface area contributed by atoms with Crippen molar-refractivity contribution in [1.82, 2.24) is 9.80 Å². The van der Waals surface area contributed by atoms with Gasteiger partial charge in [0.15, 0.2) is 11.6 Å². The second-order valence-corrected chi connectivity index (χ2v) is 6.11. The molecule has 2 heterocycles. The van der Waals surface area contributed by atoms with Crippen LogP contribution in [-0.2, 0) is 14.3 Å². The third-order valence-electron chi connectivity index (χ3n) is 4.57. The van der Waals surface area contributed by atoms with Crippen LogP contribution in [0, 0.1) is 11.6 Å². The van der Waals surface area contributed by atoms with Crippen LogP contribution >= 0.6 is 0 Å². The molecule has 2 saturated heterocycles. The van der Waals surface area contributed by atoms with Crippen LogP contribution in [0.15, 0.2) is 18.2 Å². The number of rotatable bonds is 3. The minimum atomic E-state index is -1.12. The lowest BCUT2D eigenvalue weighted by molar-refractivity contribution is -0.123. The largest absolute Gasteiger partial charge is 0.450 e. The summed E-state index contributed by atoms with van der Waals surface area (Å²) in [6.07, 6.45) is -0.429. The van der Waals surface area contributed by atoms with Crippen LogP contribution in [0.5, 0.6) is 0 Å². The van der Waals surface area contributed by atoms with Crippen LogP contribution in [-0.4, -0.2) is 66.5 Å². The van der Waals surface area contributed by atoms with E-state index in [1.165, 1.54) is 6.07 Å². The Bertz CT molecular complexity index is 735. The Labute approximate surface area is 149 Å². The molecule has 2 aliphatic heterocycles. The van der Waals surface area contributed by atoms with Gasteiger partial charge >= 0.3 is 6.09 Å². The van der Waals surface area contributed by atoms with Gasteiger partial charge in [-0.05, 0) is 19.1 Å². The van der Waals surface area contributed by atoms with Crippen molar-refractivity contribution in [1.29, 1.82) is 0 Å². The Morgan fingerprint density at radius 2 is 1.85 bits per heavy atom. The molecule has 0 saturated carbocycles. The summed E-state index contributed by atoms with van der Waals surface area (Å²) >= 11 is 0. The maximum atomic E-state index is 13.4. The second kappa shape index (κ2) is 7.36. The van der Waals surface area contributed by atoms with E-state index in [2.05, 4.69) is 0 Å². The standard InChI is InChI=1S/C17H19F2N3O4/c1-2-26-17(25)21-7-5-20(6-8-21)14-10-15(23)22(16(14)24)11-3-4-12(18)13(19)9-11/h3-4,9,14H,2,5-8,10H2,1H3/t14-/m1/s1. The van der Waals surface area contributed by atoms with E-state index in [1.54, 1.807) is 11.8 Å². The summed E-state index contributed by atoms with van der Waals surface area (Å²) in [6, 6.07) is 2.26. The van der Waals surface area contributed by atoms with Crippen molar-refractivity contribution in [2.75, 3.05) is 37.7 Å². The van der Waals surface area contributed by atoms with E-state index < -0.39 is 35.6 Å². The van der Waals surface area contributed by atoms with Crippen molar-refractivity contribution in [3.8, 4) is 0 Å². The molecule has 0 radical (unpaired) electrons. The zero-order valence-electron chi connectivity index (χ0n) is 14.3. The first kappa shape index (κ1) is 18.2. The van der Waals surface area contributed by atoms with Gasteiger partial charge in [0.05, 0.1) is 24.8 Å². The Kier molecular flexibility index (Phi) is 5.17. The van der Waals surface area contributed by atoms with Crippen LogP contribution < -0.4 is 4.90 Å². The Morgan fingerprint density at radius 1 is 1.15 bits per heavy atom. The number of hydrogen-bond donors (Lipinski definition) is 0. The van der Waals surface area contributed by atoms with Gasteiger partial charge in [0.25, 0.3) is 5.91 Å². The fraction of sp³-hybridized carbons (Fsp3) is 0.471. The molecule has 0 aliphatic carbocycles. The highest BCUT2D eigenvalue weighted by Gasteiger charge is 2.43. The lowest BCUT2D eigenvalue weighted by Gasteiger charge is -2.36. The van der Waals surface area contributed by atoms with Gasteiger partial charge in [-0.3, -0.25) is 14.5 Å². The Hall–Kier alpha value is -2.55. The summed E-state index contributed by atoms with van der Waals surface area (Å²) in [4.78, 5) is 40.9. The molecule has 0 spiro atoms. The van der Waals surface area contributed by atoms with Crippen molar-refractivity contribution in [3.63, 3.8) is 0 Å². The highest BCUT2D eigenvalue weighted by atomic mass is 19.2. The van der Waals surface area contributed by atoms with E-state index >= 15 is 0 Å². The predicted octanol–water partition coefficient (Wildman–Crippen LogP) is 1.37. The highest BCUT2D eigenvalue weighted by molar-refractivity contribution is 6.22. The summed E-state index contributed by atoms with van der Waals surface area (Å²) in [5.41, 5.74) is 0.0200. The van der Waals surface area contributed by atoms with Crippen molar-refractivity contribution < 1.29 is 27.9 Å². The summed E-state index contributed by atoms with van der Waals surface area (Å²) in [5.74, 6) is -3.08. The topological polar surface area (TPSA) is 70.2 Å². The average molecular weight is 367 g/mol. The number of carbonyl (C=O) groups excluding carboxylic acids is 3. The van der Waals surface area contributed by atoms with Crippen molar-refractivity contribution >= 4 is 23.6 Å². The fourth-order valence-corrected chi connectivity index (χ4v) is 3.23. The molecule has 0 aromatic heterocycles. The van der Waals surface area contributed by atoms with Crippen molar-refractivity contribution in [2.24, 2.45) is 0 Å². The Balaban J connectivity index is 1.68. The number of halogens is 2. The van der Waals surface area contributed by atoms with Gasteiger partial charge < -0.3 is 9.64 Å². The van der Waals surface area contributed by atoms with Gasteiger partial charge in [-0.2, -0.15) is 0 Å². The number of carbonyl (C=O) groups is 3. The van der Waals surface area contributed by atoms with Crippen LogP contribution in [0.4, 0.5) is 19.3 Å². The molecule has 9 heteroatoms. The molecule has 2 fully saturated rings. The quantitative estimate of drug-likeness (QED) is 0.755. The molecule has 1 aromatic rings. The van der Waals surface area contributed by atoms with E-state index in [0.717, 1.165) is 17.0 Å². The van der Waals surface area contributed by atoms with E-state index in [9.17, 15) is 23.2 Å². The maximum Gasteiger partial charge on any atom is 0.409 e. The van der Waals surface area contributed by atoms with Crippen LogP contribution in [0.25, 0.3) is 0 Å². The molecule has 3 rings (SSSR count). The zero-order valence-corrected chi connectivity index (χ0v) is 14.3. The van der Waals surface area contributed by atoms with Crippen LogP contribution in [0.3, 0.4) is 0 Å². The van der Waals surface area contributed by atoms with Crippen molar-refractivity contribution in [3.05, 3.63) is 29.8 Å². The molecular weight excluding hydrogens is 348 g/mol. The molecule has 0 bridgehead atoms.